The molecule has 0 aliphatic carbocycles. The van der Waals surface area contributed by atoms with Gasteiger partial charge in [-0.05, 0) is 30.7 Å². The topological polar surface area (TPSA) is 59.1 Å². The van der Waals surface area contributed by atoms with E-state index in [2.05, 4.69) is 0 Å². The molecule has 3 rings (SSSR count). The molecule has 1 aliphatic heterocycles. The van der Waals surface area contributed by atoms with Gasteiger partial charge in [-0.25, -0.2) is 0 Å². The first-order valence-corrected chi connectivity index (χ1v) is 9.36. The number of carbonyl (C=O) groups is 2. The van der Waals surface area contributed by atoms with Crippen LogP contribution in [0.2, 0.25) is 0 Å². The number of amides is 2. The van der Waals surface area contributed by atoms with Crippen LogP contribution in [0.4, 0.5) is 0 Å². The fraction of sp³-hybridized carbons (Fsp3) is 0.364. The molecule has 6 heteroatoms. The minimum atomic E-state index is -0.0632. The van der Waals surface area contributed by atoms with Gasteiger partial charge in [0.05, 0.1) is 20.6 Å². The van der Waals surface area contributed by atoms with Crippen molar-refractivity contribution < 1.29 is 19.1 Å². The molecule has 0 radical (unpaired) electrons. The van der Waals surface area contributed by atoms with Gasteiger partial charge in [0, 0.05) is 31.7 Å². The number of ether oxygens (including phenoxy) is 2. The van der Waals surface area contributed by atoms with Crippen LogP contribution >= 0.6 is 0 Å². The number of hydrogen-bond donors (Lipinski definition) is 0. The molecule has 0 atom stereocenters. The summed E-state index contributed by atoms with van der Waals surface area (Å²) in [6, 6.07) is 13.2. The molecule has 0 unspecified atom stereocenters. The molecule has 2 amide bonds. The highest BCUT2D eigenvalue weighted by molar-refractivity contribution is 5.95. The fourth-order valence-electron chi connectivity index (χ4n) is 3.42. The Hall–Kier alpha value is -3.02. The molecule has 1 aliphatic rings. The van der Waals surface area contributed by atoms with Gasteiger partial charge >= 0.3 is 0 Å². The molecular formula is C22H26N2O4. The van der Waals surface area contributed by atoms with Gasteiger partial charge in [-0.1, -0.05) is 29.8 Å². The Labute approximate surface area is 165 Å². The zero-order valence-corrected chi connectivity index (χ0v) is 16.6. The van der Waals surface area contributed by atoms with Gasteiger partial charge in [-0.15, -0.1) is 0 Å². The number of carbonyl (C=O) groups excluding carboxylic acids is 2. The van der Waals surface area contributed by atoms with E-state index in [9.17, 15) is 9.59 Å². The lowest BCUT2D eigenvalue weighted by molar-refractivity contribution is -0.131. The maximum Gasteiger partial charge on any atom is 0.254 e. The summed E-state index contributed by atoms with van der Waals surface area (Å²) >= 11 is 0. The van der Waals surface area contributed by atoms with Gasteiger partial charge in [0.25, 0.3) is 5.91 Å². The Bertz CT molecular complexity index is 857. The average molecular weight is 382 g/mol. The highest BCUT2D eigenvalue weighted by Crippen LogP contribution is 2.28. The number of nitrogens with zero attached hydrogens (tertiary/aromatic N) is 2. The van der Waals surface area contributed by atoms with E-state index in [4.69, 9.17) is 9.47 Å². The summed E-state index contributed by atoms with van der Waals surface area (Å²) in [6.07, 6.45) is 0.394. The summed E-state index contributed by atoms with van der Waals surface area (Å²) in [7, 11) is 3.11. The number of aryl methyl sites for hydroxylation is 1. The molecule has 0 aromatic heterocycles. The van der Waals surface area contributed by atoms with Gasteiger partial charge < -0.3 is 19.3 Å². The molecule has 1 saturated heterocycles. The molecule has 1 heterocycles. The van der Waals surface area contributed by atoms with Crippen LogP contribution in [0.1, 0.15) is 21.5 Å². The lowest BCUT2D eigenvalue weighted by Crippen LogP contribution is -2.51. The average Bonchev–Trinajstić information content (AvgIpc) is 2.72. The summed E-state index contributed by atoms with van der Waals surface area (Å²) in [4.78, 5) is 29.0. The van der Waals surface area contributed by atoms with E-state index in [1.807, 2.05) is 36.1 Å². The maximum atomic E-state index is 12.8. The van der Waals surface area contributed by atoms with E-state index in [1.165, 1.54) is 0 Å². The summed E-state index contributed by atoms with van der Waals surface area (Å²) in [5.74, 6) is 1.15. The van der Waals surface area contributed by atoms with Gasteiger partial charge in [-0.3, -0.25) is 9.59 Å². The molecule has 148 valence electrons. The highest BCUT2D eigenvalue weighted by atomic mass is 16.5. The standard InChI is InChI=1S/C22H26N2O4/c1-16-5-4-6-17(13-16)14-21(25)23-9-11-24(12-10-23)22(26)18-7-8-19(27-2)20(15-18)28-3/h4-8,13,15H,9-12,14H2,1-3H3. The third-order valence-electron chi connectivity index (χ3n) is 4.99. The zero-order chi connectivity index (χ0) is 20.1. The summed E-state index contributed by atoms with van der Waals surface area (Å²) in [5.41, 5.74) is 2.72. The van der Waals surface area contributed by atoms with Crippen LogP contribution in [-0.2, 0) is 11.2 Å². The summed E-state index contributed by atoms with van der Waals surface area (Å²) in [5, 5.41) is 0. The first-order chi connectivity index (χ1) is 13.5. The minimum absolute atomic E-state index is 0.0632. The second-order valence-electron chi connectivity index (χ2n) is 6.91. The van der Waals surface area contributed by atoms with E-state index in [0.29, 0.717) is 49.7 Å². The van der Waals surface area contributed by atoms with Gasteiger partial charge in [0.1, 0.15) is 0 Å². The Kier molecular flexibility index (Phi) is 6.19. The van der Waals surface area contributed by atoms with Crippen LogP contribution in [0, 0.1) is 6.92 Å². The smallest absolute Gasteiger partial charge is 0.254 e. The first kappa shape index (κ1) is 19.7. The van der Waals surface area contributed by atoms with Crippen LogP contribution < -0.4 is 9.47 Å². The Balaban J connectivity index is 1.58. The minimum Gasteiger partial charge on any atom is -0.493 e. The molecule has 0 N–H and O–H groups in total. The predicted octanol–water partition coefficient (Wildman–Crippen LogP) is 2.54. The maximum absolute atomic E-state index is 12.8. The van der Waals surface area contributed by atoms with E-state index in [1.54, 1.807) is 37.3 Å². The van der Waals surface area contributed by atoms with Crippen LogP contribution in [0.25, 0.3) is 0 Å². The van der Waals surface area contributed by atoms with Crippen molar-refractivity contribution in [3.05, 3.63) is 59.2 Å². The van der Waals surface area contributed by atoms with Gasteiger partial charge in [0.2, 0.25) is 5.91 Å². The zero-order valence-electron chi connectivity index (χ0n) is 16.6. The van der Waals surface area contributed by atoms with Crippen LogP contribution in [-0.4, -0.2) is 62.0 Å². The van der Waals surface area contributed by atoms with Crippen molar-refractivity contribution in [3.63, 3.8) is 0 Å². The van der Waals surface area contributed by atoms with Crippen LogP contribution in [0.5, 0.6) is 11.5 Å². The lowest BCUT2D eigenvalue weighted by Gasteiger charge is -2.35. The van der Waals surface area contributed by atoms with Crippen molar-refractivity contribution in [2.24, 2.45) is 0 Å². The number of rotatable bonds is 5. The monoisotopic (exact) mass is 382 g/mol. The molecule has 2 aromatic rings. The Morgan fingerprint density at radius 3 is 2.21 bits per heavy atom. The van der Waals surface area contributed by atoms with Crippen molar-refractivity contribution in [1.29, 1.82) is 0 Å². The van der Waals surface area contributed by atoms with Crippen molar-refractivity contribution in [3.8, 4) is 11.5 Å². The second-order valence-corrected chi connectivity index (χ2v) is 6.91. The van der Waals surface area contributed by atoms with E-state index in [0.717, 1.165) is 11.1 Å². The predicted molar refractivity (Wildman–Crippen MR) is 107 cm³/mol. The van der Waals surface area contributed by atoms with E-state index >= 15 is 0 Å². The van der Waals surface area contributed by atoms with Crippen molar-refractivity contribution in [1.82, 2.24) is 9.80 Å². The molecule has 0 bridgehead atoms. The van der Waals surface area contributed by atoms with Crippen LogP contribution in [0.15, 0.2) is 42.5 Å². The molecule has 0 saturated carbocycles. The fourth-order valence-corrected chi connectivity index (χ4v) is 3.42. The number of methoxy groups -OCH3 is 2. The normalized spacial score (nSPS) is 14.0. The summed E-state index contributed by atoms with van der Waals surface area (Å²) in [6.45, 7) is 4.15. The Morgan fingerprint density at radius 2 is 1.57 bits per heavy atom. The Morgan fingerprint density at radius 1 is 0.893 bits per heavy atom. The van der Waals surface area contributed by atoms with Crippen molar-refractivity contribution in [2.45, 2.75) is 13.3 Å². The van der Waals surface area contributed by atoms with Crippen molar-refractivity contribution >= 4 is 11.8 Å². The van der Waals surface area contributed by atoms with Gasteiger partial charge in [0.15, 0.2) is 11.5 Å². The number of hydrogen-bond acceptors (Lipinski definition) is 4. The quantitative estimate of drug-likeness (QED) is 0.797. The SMILES string of the molecule is COc1ccc(C(=O)N2CCN(C(=O)Cc3cccc(C)c3)CC2)cc1OC. The third kappa shape index (κ3) is 4.44. The molecule has 6 nitrogen and oxygen atoms in total. The second kappa shape index (κ2) is 8.78. The first-order valence-electron chi connectivity index (χ1n) is 9.36. The van der Waals surface area contributed by atoms with Gasteiger partial charge in [-0.2, -0.15) is 0 Å². The molecular weight excluding hydrogens is 356 g/mol. The largest absolute Gasteiger partial charge is 0.493 e. The number of benzene rings is 2. The molecule has 1 fully saturated rings. The van der Waals surface area contributed by atoms with Crippen molar-refractivity contribution in [2.75, 3.05) is 40.4 Å². The molecule has 0 spiro atoms. The summed E-state index contributed by atoms with van der Waals surface area (Å²) < 4.78 is 10.5. The molecule has 28 heavy (non-hydrogen) atoms. The molecule has 2 aromatic carbocycles. The van der Waals surface area contributed by atoms with Crippen LogP contribution in [0.3, 0.4) is 0 Å². The third-order valence-corrected chi connectivity index (χ3v) is 4.99. The number of piperazine rings is 1. The van der Waals surface area contributed by atoms with E-state index < -0.39 is 0 Å². The lowest BCUT2D eigenvalue weighted by atomic mass is 10.1. The van der Waals surface area contributed by atoms with E-state index in [-0.39, 0.29) is 11.8 Å². The highest BCUT2D eigenvalue weighted by Gasteiger charge is 2.25.